The predicted octanol–water partition coefficient (Wildman–Crippen LogP) is 1.72. The van der Waals surface area contributed by atoms with Gasteiger partial charge in [-0.25, -0.2) is 21.9 Å². The third-order valence-corrected chi connectivity index (χ3v) is 5.94. The Morgan fingerprint density at radius 2 is 1.67 bits per heavy atom. The lowest BCUT2D eigenvalue weighted by molar-refractivity contribution is -0.385. The first-order chi connectivity index (χ1) is 15.4. The van der Waals surface area contributed by atoms with Crippen LogP contribution in [0.25, 0.3) is 0 Å². The van der Waals surface area contributed by atoms with Crippen LogP contribution in [0.15, 0.2) is 47.4 Å². The number of hydrogen-bond acceptors (Lipinski definition) is 6. The number of nitrogens with zero attached hydrogens (tertiary/aromatic N) is 1. The van der Waals surface area contributed by atoms with E-state index in [2.05, 4.69) is 15.4 Å². The SMILES string of the molecule is CC(C)[C@H](NC(=O)c1c(F)cccc1F)C(=O)NCCNS(=O)(=O)c1cccc([N+](=O)[O-])c1. The Hall–Kier alpha value is -3.45. The van der Waals surface area contributed by atoms with Crippen LogP contribution in [-0.2, 0) is 14.8 Å². The molecule has 0 spiro atoms. The zero-order chi connectivity index (χ0) is 24.8. The summed E-state index contributed by atoms with van der Waals surface area (Å²) in [6, 6.07) is 6.22. The lowest BCUT2D eigenvalue weighted by Crippen LogP contribution is -2.51. The molecule has 33 heavy (non-hydrogen) atoms. The highest BCUT2D eigenvalue weighted by Gasteiger charge is 2.27. The van der Waals surface area contributed by atoms with Crippen LogP contribution in [-0.4, -0.2) is 44.3 Å². The van der Waals surface area contributed by atoms with E-state index in [4.69, 9.17) is 0 Å². The molecular weight excluding hydrogens is 462 g/mol. The van der Waals surface area contributed by atoms with Crippen molar-refractivity contribution in [3.63, 3.8) is 0 Å². The number of carbonyl (C=O) groups is 2. The Balaban J connectivity index is 1.97. The molecule has 178 valence electrons. The number of hydrogen-bond donors (Lipinski definition) is 3. The summed E-state index contributed by atoms with van der Waals surface area (Å²) >= 11 is 0. The molecule has 0 radical (unpaired) electrons. The fraction of sp³-hybridized carbons (Fsp3) is 0.300. The average Bonchev–Trinajstić information content (AvgIpc) is 2.74. The molecule has 0 aliphatic rings. The molecular formula is C20H22F2N4O6S. The molecule has 2 amide bonds. The van der Waals surface area contributed by atoms with Crippen LogP contribution in [0.1, 0.15) is 24.2 Å². The Labute approximate surface area is 188 Å². The van der Waals surface area contributed by atoms with Crippen molar-refractivity contribution in [2.75, 3.05) is 13.1 Å². The smallest absolute Gasteiger partial charge is 0.270 e. The molecule has 0 aromatic heterocycles. The van der Waals surface area contributed by atoms with E-state index in [9.17, 15) is 36.9 Å². The Morgan fingerprint density at radius 3 is 2.24 bits per heavy atom. The van der Waals surface area contributed by atoms with Gasteiger partial charge in [0, 0.05) is 25.2 Å². The summed E-state index contributed by atoms with van der Waals surface area (Å²) in [5, 5.41) is 15.5. The number of nitro groups is 1. The van der Waals surface area contributed by atoms with Crippen LogP contribution in [0.5, 0.6) is 0 Å². The normalized spacial score (nSPS) is 12.3. The monoisotopic (exact) mass is 484 g/mol. The number of amides is 2. The Morgan fingerprint density at radius 1 is 1.06 bits per heavy atom. The topological polar surface area (TPSA) is 148 Å². The van der Waals surface area contributed by atoms with Gasteiger partial charge in [-0.15, -0.1) is 0 Å². The van der Waals surface area contributed by atoms with Crippen LogP contribution in [0.4, 0.5) is 14.5 Å². The van der Waals surface area contributed by atoms with Gasteiger partial charge in [0.15, 0.2) is 0 Å². The van der Waals surface area contributed by atoms with E-state index in [1.807, 2.05) is 0 Å². The molecule has 0 fully saturated rings. The number of benzene rings is 2. The van der Waals surface area contributed by atoms with Crippen LogP contribution in [0, 0.1) is 27.7 Å². The van der Waals surface area contributed by atoms with E-state index in [1.54, 1.807) is 13.8 Å². The summed E-state index contributed by atoms with van der Waals surface area (Å²) in [5.41, 5.74) is -1.21. The molecule has 2 aromatic carbocycles. The first-order valence-electron chi connectivity index (χ1n) is 9.70. The quantitative estimate of drug-likeness (QED) is 0.266. The van der Waals surface area contributed by atoms with Crippen molar-refractivity contribution < 1.29 is 31.7 Å². The average molecular weight is 484 g/mol. The van der Waals surface area contributed by atoms with Crippen molar-refractivity contribution in [1.29, 1.82) is 0 Å². The van der Waals surface area contributed by atoms with Gasteiger partial charge in [0.25, 0.3) is 11.6 Å². The number of halogens is 2. The summed E-state index contributed by atoms with van der Waals surface area (Å²) in [5.74, 6) is -4.40. The van der Waals surface area contributed by atoms with E-state index >= 15 is 0 Å². The summed E-state index contributed by atoms with van der Waals surface area (Å²) in [7, 11) is -4.07. The molecule has 10 nitrogen and oxygen atoms in total. The molecule has 0 heterocycles. The number of nitro benzene ring substituents is 1. The molecule has 2 rings (SSSR count). The Kier molecular flexibility index (Phi) is 8.54. The lowest BCUT2D eigenvalue weighted by Gasteiger charge is -2.22. The Bertz CT molecular complexity index is 1140. The first-order valence-corrected chi connectivity index (χ1v) is 11.2. The molecule has 0 aliphatic heterocycles. The van der Waals surface area contributed by atoms with E-state index in [-0.39, 0.29) is 18.0 Å². The fourth-order valence-corrected chi connectivity index (χ4v) is 3.86. The van der Waals surface area contributed by atoms with Crippen molar-refractivity contribution in [3.8, 4) is 0 Å². The maximum Gasteiger partial charge on any atom is 0.270 e. The van der Waals surface area contributed by atoms with Crippen molar-refractivity contribution in [2.24, 2.45) is 5.92 Å². The lowest BCUT2D eigenvalue weighted by atomic mass is 10.0. The van der Waals surface area contributed by atoms with E-state index in [0.717, 1.165) is 30.3 Å². The van der Waals surface area contributed by atoms with Crippen LogP contribution in [0.2, 0.25) is 0 Å². The van der Waals surface area contributed by atoms with Crippen molar-refractivity contribution in [3.05, 3.63) is 69.8 Å². The summed E-state index contributed by atoms with van der Waals surface area (Å²) in [6.45, 7) is 2.78. The standard InChI is InChI=1S/C20H22F2N4O6S/c1-12(2)18(25-19(27)17-15(21)7-4-8-16(17)22)20(28)23-9-10-24-33(31,32)14-6-3-5-13(11-14)26(29)30/h3-8,11-12,18,24H,9-10H2,1-2H3,(H,23,28)(H,25,27)/t18-/m0/s1. The fourth-order valence-electron chi connectivity index (χ4n) is 2.79. The molecule has 0 bridgehead atoms. The molecule has 3 N–H and O–H groups in total. The summed E-state index contributed by atoms with van der Waals surface area (Å²) in [4.78, 5) is 34.5. The highest BCUT2D eigenvalue weighted by Crippen LogP contribution is 2.17. The van der Waals surface area contributed by atoms with Crippen molar-refractivity contribution in [2.45, 2.75) is 24.8 Å². The summed E-state index contributed by atoms with van der Waals surface area (Å²) in [6.07, 6.45) is 0. The number of sulfonamides is 1. The molecule has 13 heteroatoms. The van der Waals surface area contributed by atoms with E-state index in [1.165, 1.54) is 12.1 Å². The zero-order valence-electron chi connectivity index (χ0n) is 17.7. The van der Waals surface area contributed by atoms with Gasteiger partial charge in [0.05, 0.1) is 9.82 Å². The second-order valence-electron chi connectivity index (χ2n) is 7.24. The van der Waals surface area contributed by atoms with Gasteiger partial charge in [-0.05, 0) is 24.1 Å². The van der Waals surface area contributed by atoms with Gasteiger partial charge < -0.3 is 10.6 Å². The van der Waals surface area contributed by atoms with Gasteiger partial charge in [-0.1, -0.05) is 26.0 Å². The first kappa shape index (κ1) is 25.8. The maximum absolute atomic E-state index is 13.8. The number of non-ortho nitro benzene ring substituents is 1. The highest BCUT2D eigenvalue weighted by molar-refractivity contribution is 7.89. The maximum atomic E-state index is 13.8. The number of rotatable bonds is 10. The predicted molar refractivity (Wildman–Crippen MR) is 114 cm³/mol. The number of nitrogens with one attached hydrogen (secondary N) is 3. The van der Waals surface area contributed by atoms with Gasteiger partial charge in [0.1, 0.15) is 23.2 Å². The molecule has 2 aromatic rings. The van der Waals surface area contributed by atoms with Crippen LogP contribution >= 0.6 is 0 Å². The minimum atomic E-state index is -4.07. The van der Waals surface area contributed by atoms with Crippen LogP contribution < -0.4 is 15.4 Å². The minimum absolute atomic E-state index is 0.180. The third-order valence-electron chi connectivity index (χ3n) is 4.48. The van der Waals surface area contributed by atoms with E-state index < -0.39 is 61.6 Å². The minimum Gasteiger partial charge on any atom is -0.353 e. The van der Waals surface area contributed by atoms with Gasteiger partial charge >= 0.3 is 0 Å². The van der Waals surface area contributed by atoms with E-state index in [0.29, 0.717) is 0 Å². The number of carbonyl (C=O) groups excluding carboxylic acids is 2. The summed E-state index contributed by atoms with van der Waals surface area (Å²) < 4.78 is 54.4. The zero-order valence-corrected chi connectivity index (χ0v) is 18.5. The van der Waals surface area contributed by atoms with Gasteiger partial charge in [0.2, 0.25) is 15.9 Å². The van der Waals surface area contributed by atoms with Gasteiger partial charge in [-0.2, -0.15) is 0 Å². The second kappa shape index (κ2) is 10.9. The molecule has 0 unspecified atom stereocenters. The largest absolute Gasteiger partial charge is 0.353 e. The van der Waals surface area contributed by atoms with Crippen molar-refractivity contribution >= 4 is 27.5 Å². The van der Waals surface area contributed by atoms with Crippen LogP contribution in [0.3, 0.4) is 0 Å². The second-order valence-corrected chi connectivity index (χ2v) is 9.00. The molecule has 0 aliphatic carbocycles. The highest BCUT2D eigenvalue weighted by atomic mass is 32.2. The van der Waals surface area contributed by atoms with Crippen molar-refractivity contribution in [1.82, 2.24) is 15.4 Å². The van der Waals surface area contributed by atoms with Gasteiger partial charge in [-0.3, -0.25) is 19.7 Å². The molecule has 1 atom stereocenters. The third kappa shape index (κ3) is 6.76. The molecule has 0 saturated heterocycles. The molecule has 0 saturated carbocycles.